The summed E-state index contributed by atoms with van der Waals surface area (Å²) >= 11 is 12.0. The molecule has 0 aliphatic carbocycles. The van der Waals surface area contributed by atoms with E-state index < -0.39 is 10.2 Å². The molecule has 1 heterocycles. The summed E-state index contributed by atoms with van der Waals surface area (Å²) in [5, 5.41) is 14.8. The van der Waals surface area contributed by atoms with E-state index in [4.69, 9.17) is 55.0 Å². The molecule has 0 saturated heterocycles. The number of benzene rings is 2. The summed E-state index contributed by atoms with van der Waals surface area (Å²) in [6.07, 6.45) is 4.48. The second kappa shape index (κ2) is 29.3. The van der Waals surface area contributed by atoms with E-state index in [1.165, 1.54) is 38.3 Å². The maximum Gasteiger partial charge on any atom is 2.00 e. The molecule has 2 aromatic rings. The average molecular weight is 928 g/mol. The van der Waals surface area contributed by atoms with Crippen molar-refractivity contribution in [1.29, 1.82) is 0 Å². The van der Waals surface area contributed by atoms with Gasteiger partial charge in [0.1, 0.15) is 0 Å². The number of nitrogens with zero attached hydrogens (tertiary/aromatic N) is 5. The van der Waals surface area contributed by atoms with Crippen LogP contribution in [0, 0.1) is 10.2 Å². The first-order chi connectivity index (χ1) is 25.2. The quantitative estimate of drug-likeness (QED) is 0.0981. The van der Waals surface area contributed by atoms with Crippen molar-refractivity contribution in [3.8, 4) is 0 Å². The van der Waals surface area contributed by atoms with Crippen molar-refractivity contribution in [3.05, 3.63) is 73.6 Å². The first kappa shape index (κ1) is 57.2. The molecule has 0 radical (unpaired) electrons. The van der Waals surface area contributed by atoms with Crippen LogP contribution in [0.2, 0.25) is 0 Å². The van der Waals surface area contributed by atoms with Crippen LogP contribution in [0.25, 0.3) is 16.0 Å². The first-order valence-electron chi connectivity index (χ1n) is 18.6. The van der Waals surface area contributed by atoms with Crippen LogP contribution in [-0.2, 0) is 95.2 Å². The smallest absolute Gasteiger partial charge is 0.779 e. The maximum absolute atomic E-state index is 8.49. The minimum atomic E-state index is -4.94. The maximum atomic E-state index is 8.49. The third-order valence-corrected chi connectivity index (χ3v) is 10.1. The fraction of sp³-hybridized carbons (Fsp3) is 0.684. The molecule has 0 spiro atoms. The van der Waals surface area contributed by atoms with Gasteiger partial charge in [-0.15, -0.1) is 10.2 Å². The topological polar surface area (TPSA) is 206 Å². The van der Waals surface area contributed by atoms with E-state index in [1.807, 2.05) is 0 Å². The Bertz CT molecular complexity index is 1260. The molecule has 4 N–H and O–H groups in total. The Balaban J connectivity index is 0. The van der Waals surface area contributed by atoms with Crippen molar-refractivity contribution in [2.45, 2.75) is 114 Å². The molecular formula is C38H64ClN9Ni2O4S2. The molecule has 13 nitrogen and oxygen atoms in total. The van der Waals surface area contributed by atoms with Crippen LogP contribution in [0.1, 0.15) is 101 Å². The van der Waals surface area contributed by atoms with Gasteiger partial charge in [0.15, 0.2) is 0 Å². The minimum absolute atomic E-state index is 0. The summed E-state index contributed by atoms with van der Waals surface area (Å²) in [5.41, 5.74) is 21.4. The van der Waals surface area contributed by atoms with E-state index >= 15 is 0 Å². The number of nitrogens with one attached hydrogen (secondary N) is 4. The monoisotopic (exact) mass is 925 g/mol. The Morgan fingerprint density at radius 1 is 0.554 bits per heavy atom. The Labute approximate surface area is 370 Å². The Morgan fingerprint density at radius 2 is 0.750 bits per heavy atom. The van der Waals surface area contributed by atoms with Crippen molar-refractivity contribution >= 4 is 25.3 Å². The summed E-state index contributed by atoms with van der Waals surface area (Å²) in [6.45, 7) is 25.3. The normalized spacial score (nSPS) is 17.1. The van der Waals surface area contributed by atoms with Crippen molar-refractivity contribution in [2.24, 2.45) is 0 Å². The number of hydrogen-bond donors (Lipinski definition) is 4. The second-order valence-electron chi connectivity index (χ2n) is 15.9. The SMILES string of the molecule is CN1CCCNCc2cc(C(C)(C)C)cc(c2[S-])CNCCCN(C)CCCNCc2cc(C(C)(C)C)cc(c2[S-])CNCCC1.[N-]=[N+]=[N-].[Ni+2].[Ni+2].[O-][Cl+3]([O-])([O-])[O-]. The summed E-state index contributed by atoms with van der Waals surface area (Å²) in [5.74, 6) is 0. The van der Waals surface area contributed by atoms with Gasteiger partial charge in [-0.3, -0.25) is 4.91 Å². The van der Waals surface area contributed by atoms with Gasteiger partial charge in [0.25, 0.3) is 0 Å². The third kappa shape index (κ3) is 25.5. The van der Waals surface area contributed by atoms with Gasteiger partial charge < -0.3 is 67.4 Å². The van der Waals surface area contributed by atoms with Gasteiger partial charge in [0, 0.05) is 26.2 Å². The van der Waals surface area contributed by atoms with Gasteiger partial charge in [-0.05, 0) is 114 Å². The fourth-order valence-corrected chi connectivity index (χ4v) is 6.44. The molecule has 0 amide bonds. The van der Waals surface area contributed by atoms with E-state index in [0.717, 1.165) is 114 Å². The number of fused-ring (bicyclic) bond motifs is 4. The van der Waals surface area contributed by atoms with Crippen LogP contribution < -0.4 is 39.9 Å². The molecule has 18 heteroatoms. The summed E-state index contributed by atoms with van der Waals surface area (Å²) in [6, 6.07) is 9.32. The average Bonchev–Trinajstić information content (AvgIpc) is 3.04. The van der Waals surface area contributed by atoms with Crippen molar-refractivity contribution in [1.82, 2.24) is 31.1 Å². The molecule has 3 rings (SSSR count). The molecule has 1 aliphatic heterocycles. The molecule has 0 aromatic heterocycles. The van der Waals surface area contributed by atoms with E-state index in [0.29, 0.717) is 0 Å². The largest absolute Gasteiger partial charge is 2.00 e. The molecule has 56 heavy (non-hydrogen) atoms. The molecule has 0 unspecified atom stereocenters. The van der Waals surface area contributed by atoms with Gasteiger partial charge >= 0.3 is 33.0 Å². The van der Waals surface area contributed by atoms with Crippen LogP contribution in [0.15, 0.2) is 34.1 Å². The number of halogens is 1. The first-order valence-corrected chi connectivity index (χ1v) is 20.7. The summed E-state index contributed by atoms with van der Waals surface area (Å²) in [4.78, 5) is 8.42. The van der Waals surface area contributed by atoms with E-state index in [2.05, 4.69) is 111 Å². The zero-order chi connectivity index (χ0) is 41.0. The van der Waals surface area contributed by atoms with Crippen LogP contribution in [0.4, 0.5) is 0 Å². The molecule has 2 aromatic carbocycles. The Kier molecular flexibility index (Phi) is 29.9. The summed E-state index contributed by atoms with van der Waals surface area (Å²) < 4.78 is 34.0. The van der Waals surface area contributed by atoms with Gasteiger partial charge in [-0.1, -0.05) is 88.1 Å². The minimum Gasteiger partial charge on any atom is -0.779 e. The van der Waals surface area contributed by atoms with Gasteiger partial charge in [0.05, 0.1) is 0 Å². The van der Waals surface area contributed by atoms with Crippen molar-refractivity contribution in [3.63, 3.8) is 0 Å². The van der Waals surface area contributed by atoms with E-state index in [9.17, 15) is 0 Å². The van der Waals surface area contributed by atoms with E-state index in [1.54, 1.807) is 0 Å². The molecule has 0 atom stereocenters. The van der Waals surface area contributed by atoms with Gasteiger partial charge in [0.2, 0.25) is 0 Å². The Morgan fingerprint density at radius 3 is 0.929 bits per heavy atom. The predicted octanol–water partition coefficient (Wildman–Crippen LogP) is 1.69. The van der Waals surface area contributed by atoms with Crippen LogP contribution in [-0.4, -0.2) is 76.3 Å². The number of hydrogen-bond acceptors (Lipinski definition) is 12. The van der Waals surface area contributed by atoms with Gasteiger partial charge in [-0.25, -0.2) is 18.6 Å². The molecule has 1 aliphatic rings. The zero-order valence-electron chi connectivity index (χ0n) is 34.3. The number of rotatable bonds is 0. The van der Waals surface area contributed by atoms with Gasteiger partial charge in [-0.2, -0.15) is 9.79 Å². The van der Waals surface area contributed by atoms with Crippen LogP contribution in [0.3, 0.4) is 0 Å². The third-order valence-electron chi connectivity index (χ3n) is 9.05. The second-order valence-corrected chi connectivity index (χ2v) is 17.5. The molecule has 0 fully saturated rings. The van der Waals surface area contributed by atoms with Crippen molar-refractivity contribution < 1.29 is 61.9 Å². The predicted molar refractivity (Wildman–Crippen MR) is 212 cm³/mol. The summed E-state index contributed by atoms with van der Waals surface area (Å²) in [7, 11) is -0.476. The standard InChI is InChI=1S/C38H66N6S2.ClHO4.N3.2Ni/c1-37(2,3)33-21-29-25-39-13-9-17-43(7)19-11-15-41-27-31-23-34(38(4,5)6)24-32(36(31)46)28-42-16-12-20-44(8)18-10-14-40-26-30(22-33)35(29)45;2-1(3,4)5;1-3-2;;/h21-24,39-42,45-46H,9-20,25-28H2,1-8H3;(H,2,3,4,5);;;/q;;-1;2*+2/p-3. The Hall–Kier alpha value is -0.933. The fourth-order valence-electron chi connectivity index (χ4n) is 5.91. The van der Waals surface area contributed by atoms with Crippen LogP contribution in [0.5, 0.6) is 0 Å². The molecule has 4 bridgehead atoms. The van der Waals surface area contributed by atoms with E-state index in [-0.39, 0.29) is 43.8 Å². The zero-order valence-corrected chi connectivity index (χ0v) is 38.7. The molecule has 324 valence electrons. The molecule has 0 saturated carbocycles. The molecular weight excluding hydrogens is 863 g/mol. The van der Waals surface area contributed by atoms with Crippen molar-refractivity contribution in [2.75, 3.05) is 66.5 Å². The van der Waals surface area contributed by atoms with Crippen LogP contribution >= 0.6 is 0 Å².